The summed E-state index contributed by atoms with van der Waals surface area (Å²) in [6.07, 6.45) is -0.713. The summed E-state index contributed by atoms with van der Waals surface area (Å²) in [7, 11) is 2.89. The molecule has 0 bridgehead atoms. The fourth-order valence-electron chi connectivity index (χ4n) is 2.15. The smallest absolute Gasteiger partial charge is 0.337 e. The second-order valence-corrected chi connectivity index (χ2v) is 5.45. The zero-order valence-corrected chi connectivity index (χ0v) is 14.7. The molecule has 132 valence electrons. The minimum Gasteiger partial charge on any atom is -0.497 e. The van der Waals surface area contributed by atoms with Crippen LogP contribution in [0.1, 0.15) is 22.8 Å². The van der Waals surface area contributed by atoms with E-state index in [0.717, 1.165) is 5.56 Å². The van der Waals surface area contributed by atoms with E-state index in [4.69, 9.17) is 14.2 Å². The van der Waals surface area contributed by atoms with E-state index in [1.165, 1.54) is 7.11 Å². The number of methoxy groups -OCH3 is 2. The van der Waals surface area contributed by atoms with Gasteiger partial charge in [-0.05, 0) is 55.8 Å². The highest BCUT2D eigenvalue weighted by molar-refractivity contribution is 5.97. The minimum atomic E-state index is -0.713. The third-order valence-electron chi connectivity index (χ3n) is 3.66. The zero-order valence-electron chi connectivity index (χ0n) is 14.7. The first-order chi connectivity index (χ1) is 11.9. The quantitative estimate of drug-likeness (QED) is 0.816. The highest BCUT2D eigenvalue weighted by Crippen LogP contribution is 2.20. The molecule has 0 aliphatic carbocycles. The first kappa shape index (κ1) is 18.3. The lowest BCUT2D eigenvalue weighted by molar-refractivity contribution is -0.122. The van der Waals surface area contributed by atoms with Crippen molar-refractivity contribution in [1.29, 1.82) is 0 Å². The van der Waals surface area contributed by atoms with Crippen LogP contribution in [0.15, 0.2) is 42.5 Å². The van der Waals surface area contributed by atoms with Crippen molar-refractivity contribution >= 4 is 17.6 Å². The minimum absolute atomic E-state index is 0.319. The highest BCUT2D eigenvalue weighted by atomic mass is 16.5. The number of hydrogen-bond acceptors (Lipinski definition) is 5. The number of aryl methyl sites for hydroxylation is 1. The van der Waals surface area contributed by atoms with Gasteiger partial charge in [0.25, 0.3) is 5.91 Å². The van der Waals surface area contributed by atoms with Crippen molar-refractivity contribution in [1.82, 2.24) is 0 Å². The van der Waals surface area contributed by atoms with Crippen LogP contribution in [0.5, 0.6) is 11.5 Å². The summed E-state index contributed by atoms with van der Waals surface area (Å²) < 4.78 is 15.4. The Morgan fingerprint density at radius 1 is 1.00 bits per heavy atom. The topological polar surface area (TPSA) is 73.9 Å². The molecule has 25 heavy (non-hydrogen) atoms. The highest BCUT2D eigenvalue weighted by Gasteiger charge is 2.17. The summed E-state index contributed by atoms with van der Waals surface area (Å²) in [5.74, 6) is 0.488. The lowest BCUT2D eigenvalue weighted by Gasteiger charge is -2.16. The molecule has 0 fully saturated rings. The third kappa shape index (κ3) is 4.73. The van der Waals surface area contributed by atoms with Crippen LogP contribution in [0.4, 0.5) is 5.69 Å². The predicted octanol–water partition coefficient (Wildman–Crippen LogP) is 3.20. The number of benzene rings is 2. The monoisotopic (exact) mass is 343 g/mol. The van der Waals surface area contributed by atoms with E-state index in [1.807, 2.05) is 6.92 Å². The van der Waals surface area contributed by atoms with Gasteiger partial charge in [0, 0.05) is 5.69 Å². The molecule has 6 nitrogen and oxygen atoms in total. The summed E-state index contributed by atoms with van der Waals surface area (Å²) >= 11 is 0. The molecule has 0 unspecified atom stereocenters. The van der Waals surface area contributed by atoms with Gasteiger partial charge in [0.2, 0.25) is 0 Å². The number of amides is 1. The number of hydrogen-bond donors (Lipinski definition) is 1. The van der Waals surface area contributed by atoms with Crippen LogP contribution < -0.4 is 14.8 Å². The molecule has 0 aromatic heterocycles. The Balaban J connectivity index is 2.06. The van der Waals surface area contributed by atoms with Gasteiger partial charge in [-0.1, -0.05) is 6.07 Å². The summed E-state index contributed by atoms with van der Waals surface area (Å²) in [5, 5.41) is 2.78. The Hall–Kier alpha value is -3.02. The van der Waals surface area contributed by atoms with E-state index in [1.54, 1.807) is 56.5 Å². The lowest BCUT2D eigenvalue weighted by atomic mass is 10.1. The molecule has 0 saturated carbocycles. The number of nitrogens with one attached hydrogen (secondary N) is 1. The van der Waals surface area contributed by atoms with Crippen LogP contribution in [0, 0.1) is 6.92 Å². The Morgan fingerprint density at radius 3 is 2.24 bits per heavy atom. The Bertz CT molecular complexity index is 755. The SMILES string of the molecule is COC(=O)c1ccc(C)c(NC(=O)[C@H](C)Oc2ccc(OC)cc2)c1. The molecule has 0 spiro atoms. The Labute approximate surface area is 146 Å². The number of rotatable bonds is 6. The molecule has 6 heteroatoms. The molecule has 2 aromatic carbocycles. The normalized spacial score (nSPS) is 11.4. The molecule has 0 heterocycles. The first-order valence-electron chi connectivity index (χ1n) is 7.75. The van der Waals surface area contributed by atoms with E-state index in [0.29, 0.717) is 22.7 Å². The van der Waals surface area contributed by atoms with Gasteiger partial charge < -0.3 is 19.5 Å². The van der Waals surface area contributed by atoms with Crippen molar-refractivity contribution in [3.8, 4) is 11.5 Å². The molecule has 1 atom stereocenters. The predicted molar refractivity (Wildman–Crippen MR) is 94.2 cm³/mol. The van der Waals surface area contributed by atoms with Crippen LogP contribution in [0.3, 0.4) is 0 Å². The molecular formula is C19H21NO5. The van der Waals surface area contributed by atoms with E-state index in [-0.39, 0.29) is 5.91 Å². The van der Waals surface area contributed by atoms with Crippen molar-refractivity contribution in [3.05, 3.63) is 53.6 Å². The number of ether oxygens (including phenoxy) is 3. The van der Waals surface area contributed by atoms with Crippen molar-refractivity contribution in [3.63, 3.8) is 0 Å². The first-order valence-corrected chi connectivity index (χ1v) is 7.75. The summed E-state index contributed by atoms with van der Waals surface area (Å²) in [6, 6.07) is 11.9. The molecule has 2 aromatic rings. The standard InChI is InChI=1S/C19H21NO5/c1-12-5-6-14(19(22)24-4)11-17(12)20-18(21)13(2)25-16-9-7-15(23-3)8-10-16/h5-11,13H,1-4H3,(H,20,21)/t13-/m0/s1. The van der Waals surface area contributed by atoms with Gasteiger partial charge in [-0.25, -0.2) is 4.79 Å². The van der Waals surface area contributed by atoms with Crippen molar-refractivity contribution in [2.24, 2.45) is 0 Å². The molecule has 1 amide bonds. The van der Waals surface area contributed by atoms with Crippen LogP contribution >= 0.6 is 0 Å². The van der Waals surface area contributed by atoms with Gasteiger partial charge >= 0.3 is 5.97 Å². The molecule has 0 aliphatic heterocycles. The van der Waals surface area contributed by atoms with Crippen LogP contribution in [0.2, 0.25) is 0 Å². The zero-order chi connectivity index (χ0) is 18.4. The van der Waals surface area contributed by atoms with Crippen molar-refractivity contribution < 1.29 is 23.8 Å². The molecule has 0 radical (unpaired) electrons. The maximum atomic E-state index is 12.4. The number of esters is 1. The fraction of sp³-hybridized carbons (Fsp3) is 0.263. The summed E-state index contributed by atoms with van der Waals surface area (Å²) in [6.45, 7) is 3.49. The van der Waals surface area contributed by atoms with Crippen molar-refractivity contribution in [2.45, 2.75) is 20.0 Å². The van der Waals surface area contributed by atoms with Gasteiger partial charge in [0.05, 0.1) is 19.8 Å². The van der Waals surface area contributed by atoms with Gasteiger partial charge in [0.15, 0.2) is 6.10 Å². The van der Waals surface area contributed by atoms with E-state index in [9.17, 15) is 9.59 Å². The van der Waals surface area contributed by atoms with Gasteiger partial charge in [-0.15, -0.1) is 0 Å². The van der Waals surface area contributed by atoms with Crippen LogP contribution in [-0.4, -0.2) is 32.2 Å². The molecule has 1 N–H and O–H groups in total. The molecule has 0 aliphatic rings. The van der Waals surface area contributed by atoms with Crippen LogP contribution in [0.25, 0.3) is 0 Å². The largest absolute Gasteiger partial charge is 0.497 e. The van der Waals surface area contributed by atoms with Gasteiger partial charge in [-0.3, -0.25) is 4.79 Å². The van der Waals surface area contributed by atoms with Crippen molar-refractivity contribution in [2.75, 3.05) is 19.5 Å². The Kier molecular flexibility index (Phi) is 6.00. The Morgan fingerprint density at radius 2 is 1.64 bits per heavy atom. The van der Waals surface area contributed by atoms with E-state index < -0.39 is 12.1 Å². The summed E-state index contributed by atoms with van der Waals surface area (Å²) in [5.41, 5.74) is 1.74. The third-order valence-corrected chi connectivity index (χ3v) is 3.66. The summed E-state index contributed by atoms with van der Waals surface area (Å²) in [4.78, 5) is 24.0. The fourth-order valence-corrected chi connectivity index (χ4v) is 2.15. The molecule has 2 rings (SSSR count). The van der Waals surface area contributed by atoms with Gasteiger partial charge in [0.1, 0.15) is 11.5 Å². The van der Waals surface area contributed by atoms with E-state index >= 15 is 0 Å². The lowest BCUT2D eigenvalue weighted by Crippen LogP contribution is -2.30. The number of carbonyl (C=O) groups excluding carboxylic acids is 2. The average Bonchev–Trinajstić information content (AvgIpc) is 2.63. The molecular weight excluding hydrogens is 322 g/mol. The number of anilines is 1. The van der Waals surface area contributed by atoms with Crippen LogP contribution in [-0.2, 0) is 9.53 Å². The molecule has 0 saturated heterocycles. The maximum absolute atomic E-state index is 12.4. The number of carbonyl (C=O) groups is 2. The van der Waals surface area contributed by atoms with E-state index in [2.05, 4.69) is 5.32 Å². The second-order valence-electron chi connectivity index (χ2n) is 5.45. The van der Waals surface area contributed by atoms with Gasteiger partial charge in [-0.2, -0.15) is 0 Å². The second kappa shape index (κ2) is 8.19. The average molecular weight is 343 g/mol. The maximum Gasteiger partial charge on any atom is 0.337 e.